The largest absolute Gasteiger partial charge is 0.375 e. The van der Waals surface area contributed by atoms with Gasteiger partial charge in [0.2, 0.25) is 0 Å². The topological polar surface area (TPSA) is 62.5 Å². The Labute approximate surface area is 105 Å². The van der Waals surface area contributed by atoms with E-state index in [1.807, 2.05) is 4.90 Å². The Balaban J connectivity index is 2.04. The summed E-state index contributed by atoms with van der Waals surface area (Å²) in [6, 6.07) is 0.448. The van der Waals surface area contributed by atoms with Crippen LogP contribution in [0, 0.1) is 0 Å². The van der Waals surface area contributed by atoms with Crippen LogP contribution in [0.2, 0.25) is 0 Å². The number of thiazole rings is 1. The van der Waals surface area contributed by atoms with Gasteiger partial charge in [-0.1, -0.05) is 0 Å². The lowest BCUT2D eigenvalue weighted by atomic mass is 10.0. The van der Waals surface area contributed by atoms with E-state index in [-0.39, 0.29) is 5.91 Å². The number of amides is 1. The van der Waals surface area contributed by atoms with Crippen molar-refractivity contribution in [3.05, 3.63) is 11.1 Å². The minimum absolute atomic E-state index is 0.00417. The quantitative estimate of drug-likeness (QED) is 0.851. The summed E-state index contributed by atoms with van der Waals surface area (Å²) in [5.74, 6) is 0.00417. The molecule has 1 aliphatic heterocycles. The number of rotatable bonds is 2. The van der Waals surface area contributed by atoms with E-state index in [4.69, 9.17) is 5.73 Å². The fourth-order valence-corrected chi connectivity index (χ4v) is 2.65. The van der Waals surface area contributed by atoms with Gasteiger partial charge in [0, 0.05) is 24.5 Å². The van der Waals surface area contributed by atoms with Crippen LogP contribution in [0.1, 0.15) is 23.3 Å². The van der Waals surface area contributed by atoms with Crippen LogP contribution >= 0.6 is 11.3 Å². The molecule has 1 saturated heterocycles. The summed E-state index contributed by atoms with van der Waals surface area (Å²) in [6.07, 6.45) is 2.20. The molecule has 1 aromatic rings. The fourth-order valence-electron chi connectivity index (χ4n) is 2.11. The summed E-state index contributed by atoms with van der Waals surface area (Å²) in [5, 5.41) is 2.19. The van der Waals surface area contributed by atoms with Gasteiger partial charge in [0.25, 0.3) is 5.91 Å². The van der Waals surface area contributed by atoms with E-state index in [2.05, 4.69) is 24.0 Å². The van der Waals surface area contributed by atoms with Crippen molar-refractivity contribution in [1.29, 1.82) is 0 Å². The molecular formula is C11H18N4OS. The van der Waals surface area contributed by atoms with Crippen LogP contribution < -0.4 is 5.73 Å². The molecule has 2 N–H and O–H groups in total. The Morgan fingerprint density at radius 2 is 2.41 bits per heavy atom. The number of likely N-dealkylation sites (tertiary alicyclic amines) is 1. The van der Waals surface area contributed by atoms with Crippen molar-refractivity contribution >= 4 is 22.4 Å². The maximum atomic E-state index is 12.2. The summed E-state index contributed by atoms with van der Waals surface area (Å²) >= 11 is 1.31. The van der Waals surface area contributed by atoms with Gasteiger partial charge in [0.05, 0.1) is 0 Å². The number of nitrogen functional groups attached to an aromatic ring is 1. The molecule has 2 heterocycles. The number of nitrogens with two attached hydrogens (primary N) is 1. The molecule has 0 spiro atoms. The average Bonchev–Trinajstić information content (AvgIpc) is 2.75. The number of hydrogen-bond acceptors (Lipinski definition) is 5. The third-order valence-corrected chi connectivity index (χ3v) is 3.83. The Kier molecular flexibility index (Phi) is 3.63. The van der Waals surface area contributed by atoms with Gasteiger partial charge in [0.15, 0.2) is 5.13 Å². The zero-order chi connectivity index (χ0) is 12.4. The minimum atomic E-state index is 0.00417. The van der Waals surface area contributed by atoms with Crippen molar-refractivity contribution < 1.29 is 4.79 Å². The van der Waals surface area contributed by atoms with Crippen molar-refractivity contribution in [2.45, 2.75) is 18.9 Å². The molecule has 1 amide bonds. The number of likely N-dealkylation sites (N-methyl/N-ethyl adjacent to an activating group) is 1. The van der Waals surface area contributed by atoms with Gasteiger partial charge < -0.3 is 15.5 Å². The van der Waals surface area contributed by atoms with Crippen LogP contribution in [0.15, 0.2) is 5.38 Å². The molecule has 94 valence electrons. The summed E-state index contributed by atoms with van der Waals surface area (Å²) in [7, 11) is 4.11. The second-order valence-electron chi connectivity index (χ2n) is 4.58. The molecule has 1 atom stereocenters. The molecule has 0 radical (unpaired) electrons. The molecule has 0 saturated carbocycles. The SMILES string of the molecule is CN(C)C1CCCN(C(=O)c2csc(N)n2)C1. The van der Waals surface area contributed by atoms with Crippen LogP contribution in [0.3, 0.4) is 0 Å². The van der Waals surface area contributed by atoms with Crippen LogP contribution in [0.25, 0.3) is 0 Å². The lowest BCUT2D eigenvalue weighted by Gasteiger charge is -2.35. The number of nitrogens with zero attached hydrogens (tertiary/aromatic N) is 3. The average molecular weight is 254 g/mol. The highest BCUT2D eigenvalue weighted by Gasteiger charge is 2.26. The summed E-state index contributed by atoms with van der Waals surface area (Å²) in [4.78, 5) is 20.3. The predicted octanol–water partition coefficient (Wildman–Crippen LogP) is 0.892. The lowest BCUT2D eigenvalue weighted by molar-refractivity contribution is 0.0630. The summed E-state index contributed by atoms with van der Waals surface area (Å²) in [5.41, 5.74) is 6.03. The Morgan fingerprint density at radius 3 is 3.00 bits per heavy atom. The molecule has 1 aliphatic rings. The van der Waals surface area contributed by atoms with Crippen molar-refractivity contribution in [3.8, 4) is 0 Å². The van der Waals surface area contributed by atoms with Crippen molar-refractivity contribution in [2.75, 3.05) is 32.9 Å². The molecule has 0 aromatic carbocycles. The van der Waals surface area contributed by atoms with Crippen LogP contribution in [-0.4, -0.2) is 53.9 Å². The van der Waals surface area contributed by atoms with E-state index in [1.165, 1.54) is 11.3 Å². The van der Waals surface area contributed by atoms with Gasteiger partial charge >= 0.3 is 0 Å². The maximum absolute atomic E-state index is 12.2. The highest BCUT2D eigenvalue weighted by Crippen LogP contribution is 2.18. The third-order valence-electron chi connectivity index (χ3n) is 3.16. The lowest BCUT2D eigenvalue weighted by Crippen LogP contribution is -2.47. The Hall–Kier alpha value is -1.14. The van der Waals surface area contributed by atoms with Gasteiger partial charge in [-0.2, -0.15) is 0 Å². The number of aromatic nitrogens is 1. The van der Waals surface area contributed by atoms with Crippen LogP contribution in [0.5, 0.6) is 0 Å². The summed E-state index contributed by atoms with van der Waals surface area (Å²) < 4.78 is 0. The third kappa shape index (κ3) is 2.76. The number of piperidine rings is 1. The zero-order valence-electron chi connectivity index (χ0n) is 10.2. The van der Waals surface area contributed by atoms with E-state index < -0.39 is 0 Å². The van der Waals surface area contributed by atoms with Crippen molar-refractivity contribution in [3.63, 3.8) is 0 Å². The second kappa shape index (κ2) is 5.01. The molecule has 2 rings (SSSR count). The van der Waals surface area contributed by atoms with E-state index in [0.717, 1.165) is 25.9 Å². The molecule has 5 nitrogen and oxygen atoms in total. The van der Waals surface area contributed by atoms with Crippen molar-refractivity contribution in [1.82, 2.24) is 14.8 Å². The second-order valence-corrected chi connectivity index (χ2v) is 5.47. The minimum Gasteiger partial charge on any atom is -0.375 e. The van der Waals surface area contributed by atoms with Crippen LogP contribution in [0.4, 0.5) is 5.13 Å². The molecule has 17 heavy (non-hydrogen) atoms. The van der Waals surface area contributed by atoms with E-state index >= 15 is 0 Å². The highest BCUT2D eigenvalue weighted by molar-refractivity contribution is 7.13. The first kappa shape index (κ1) is 12.3. The van der Waals surface area contributed by atoms with E-state index in [0.29, 0.717) is 16.9 Å². The normalized spacial score (nSPS) is 20.9. The number of anilines is 1. The number of carbonyl (C=O) groups excluding carboxylic acids is 1. The first-order valence-electron chi connectivity index (χ1n) is 5.74. The molecule has 1 unspecified atom stereocenters. The van der Waals surface area contributed by atoms with Crippen molar-refractivity contribution in [2.24, 2.45) is 0 Å². The molecular weight excluding hydrogens is 236 g/mol. The van der Waals surface area contributed by atoms with Gasteiger partial charge in [-0.05, 0) is 26.9 Å². The monoisotopic (exact) mass is 254 g/mol. The smallest absolute Gasteiger partial charge is 0.273 e. The molecule has 1 aromatic heterocycles. The Morgan fingerprint density at radius 1 is 1.65 bits per heavy atom. The van der Waals surface area contributed by atoms with Crippen LogP contribution in [-0.2, 0) is 0 Å². The first-order valence-corrected chi connectivity index (χ1v) is 6.62. The zero-order valence-corrected chi connectivity index (χ0v) is 11.0. The van der Waals surface area contributed by atoms with Gasteiger partial charge in [-0.25, -0.2) is 4.98 Å². The highest BCUT2D eigenvalue weighted by atomic mass is 32.1. The molecule has 6 heteroatoms. The standard InChI is InChI=1S/C11H18N4OS/c1-14(2)8-4-3-5-15(6-8)10(16)9-7-17-11(12)13-9/h7-8H,3-6H2,1-2H3,(H2,12,13). The van der Waals surface area contributed by atoms with E-state index in [9.17, 15) is 4.79 Å². The fraction of sp³-hybridized carbons (Fsp3) is 0.636. The molecule has 0 bridgehead atoms. The predicted molar refractivity (Wildman–Crippen MR) is 69.1 cm³/mol. The molecule has 1 fully saturated rings. The number of hydrogen-bond donors (Lipinski definition) is 1. The van der Waals surface area contributed by atoms with Gasteiger partial charge in [-0.3, -0.25) is 4.79 Å². The van der Waals surface area contributed by atoms with Gasteiger partial charge in [-0.15, -0.1) is 11.3 Å². The number of carbonyl (C=O) groups is 1. The van der Waals surface area contributed by atoms with Gasteiger partial charge in [0.1, 0.15) is 5.69 Å². The Bertz CT molecular complexity index is 404. The first-order chi connectivity index (χ1) is 8.08. The van der Waals surface area contributed by atoms with E-state index in [1.54, 1.807) is 5.38 Å². The summed E-state index contributed by atoms with van der Waals surface area (Å²) in [6.45, 7) is 1.60. The molecule has 0 aliphatic carbocycles. The maximum Gasteiger partial charge on any atom is 0.273 e.